The predicted octanol–water partition coefficient (Wildman–Crippen LogP) is -3.96. The van der Waals surface area contributed by atoms with Crippen molar-refractivity contribution in [3.8, 4) is 0 Å². The monoisotopic (exact) mass is 412 g/mol. The summed E-state index contributed by atoms with van der Waals surface area (Å²) in [7, 11) is 0. The smallest absolute Gasteiger partial charge is 0.543 e. The number of aliphatic carboxylic acids is 1. The molecule has 152 valence electrons. The third-order valence-corrected chi connectivity index (χ3v) is 5.00. The van der Waals surface area contributed by atoms with Crippen LogP contribution in [0.25, 0.3) is 5.57 Å². The molecule has 10 heteroatoms. The zero-order valence-corrected chi connectivity index (χ0v) is 19.1. The Morgan fingerprint density at radius 1 is 1.41 bits per heavy atom. The second-order valence-electron chi connectivity index (χ2n) is 6.54. The summed E-state index contributed by atoms with van der Waals surface area (Å²) in [5.41, 5.74) is 11.0. The fourth-order valence-electron chi connectivity index (χ4n) is 3.58. The van der Waals surface area contributed by atoms with Gasteiger partial charge in [0.25, 0.3) is 5.91 Å². The molecule has 2 aliphatic rings. The van der Waals surface area contributed by atoms with Crippen molar-refractivity contribution in [1.29, 1.82) is 0 Å². The molecule has 6 N–H and O–H groups in total. The maximum absolute atomic E-state index is 12.4. The van der Waals surface area contributed by atoms with Crippen molar-refractivity contribution < 1.29 is 54.2 Å². The molecule has 3 atom stereocenters. The number of amides is 3. The minimum atomic E-state index is -1.52. The Bertz CT molecular complexity index is 842. The molecule has 3 rings (SSSR count). The summed E-state index contributed by atoms with van der Waals surface area (Å²) in [5, 5.41) is 24.0. The Morgan fingerprint density at radius 2 is 2.03 bits per heavy atom. The molecular formula is C19H25N4NaO5. The normalized spacial score (nSPS) is 23.1. The van der Waals surface area contributed by atoms with Gasteiger partial charge >= 0.3 is 35.6 Å². The summed E-state index contributed by atoms with van der Waals surface area (Å²) in [6, 6.07) is 5.52. The van der Waals surface area contributed by atoms with Crippen molar-refractivity contribution in [2.45, 2.75) is 51.4 Å². The first kappa shape index (κ1) is 25.1. The van der Waals surface area contributed by atoms with Crippen LogP contribution in [0.15, 0.2) is 30.0 Å². The first-order valence-electron chi connectivity index (χ1n) is 9.05. The van der Waals surface area contributed by atoms with Crippen molar-refractivity contribution in [3.05, 3.63) is 41.1 Å². The molecule has 2 aliphatic heterocycles. The van der Waals surface area contributed by atoms with Crippen LogP contribution in [0.5, 0.6) is 0 Å². The van der Waals surface area contributed by atoms with Crippen LogP contribution in [0.3, 0.4) is 0 Å². The molecular weight excluding hydrogens is 387 g/mol. The van der Waals surface area contributed by atoms with Crippen LogP contribution in [0.2, 0.25) is 0 Å². The molecule has 0 aliphatic carbocycles. The third-order valence-electron chi connectivity index (χ3n) is 5.00. The number of rotatable bonds is 5. The van der Waals surface area contributed by atoms with Gasteiger partial charge in [-0.25, -0.2) is 4.79 Å². The molecule has 1 saturated heterocycles. The van der Waals surface area contributed by atoms with Gasteiger partial charge in [-0.1, -0.05) is 32.0 Å². The van der Waals surface area contributed by atoms with Gasteiger partial charge in [-0.2, -0.15) is 0 Å². The predicted molar refractivity (Wildman–Crippen MR) is 100.0 cm³/mol. The molecule has 0 saturated carbocycles. The molecule has 3 amide bonds. The summed E-state index contributed by atoms with van der Waals surface area (Å²) in [6.07, 6.45) is -0.937. The molecule has 9 nitrogen and oxygen atoms in total. The molecule has 0 spiro atoms. The van der Waals surface area contributed by atoms with Crippen LogP contribution in [-0.2, 0) is 16.1 Å². The maximum Gasteiger partial charge on any atom is 1.00 e. The minimum Gasteiger partial charge on any atom is -0.543 e. The summed E-state index contributed by atoms with van der Waals surface area (Å²) in [5.74, 6) is -2.12. The molecule has 1 aromatic carbocycles. The van der Waals surface area contributed by atoms with E-state index in [0.717, 1.165) is 4.90 Å². The third kappa shape index (κ3) is 4.34. The van der Waals surface area contributed by atoms with Gasteiger partial charge in [0.05, 0.1) is 23.8 Å². The van der Waals surface area contributed by atoms with Gasteiger partial charge in [0, 0.05) is 6.54 Å². The van der Waals surface area contributed by atoms with E-state index in [1.807, 2.05) is 13.8 Å². The number of β-lactam (4-membered cyclic amide) rings is 1. The van der Waals surface area contributed by atoms with E-state index in [1.165, 1.54) is 6.92 Å². The van der Waals surface area contributed by atoms with Crippen molar-refractivity contribution in [1.82, 2.24) is 10.2 Å². The zero-order valence-electron chi connectivity index (χ0n) is 17.1. The Kier molecular flexibility index (Phi) is 8.43. The summed E-state index contributed by atoms with van der Waals surface area (Å²) >= 11 is 0. The molecule has 0 radical (unpaired) electrons. The summed E-state index contributed by atoms with van der Waals surface area (Å²) in [6.45, 7) is 5.58. The number of primary amides is 1. The number of hydrogen-bond acceptors (Lipinski definition) is 6. The Labute approximate surface area is 191 Å². The van der Waals surface area contributed by atoms with Gasteiger partial charge in [0.2, 0.25) is 0 Å². The van der Waals surface area contributed by atoms with Gasteiger partial charge in [-0.15, -0.1) is 0 Å². The fourth-order valence-corrected chi connectivity index (χ4v) is 3.58. The standard InChI is InChI=1S/C17H20N4O5.C2H6.Na/c1-8(22)17(19)12-6-11(13(14(23)24)21(12)15(17)25)10-4-2-3-9(5-10)7-20-16(18)26;1-2;/h2-5,8,12,22H,6-7,19H2,1H3,(H,23,24)(H3,18,20,26);1-2H3;/q;;+1/p-1. The number of nitrogens with two attached hydrogens (primary N) is 2. The van der Waals surface area contributed by atoms with Crippen molar-refractivity contribution in [2.75, 3.05) is 0 Å². The number of benzene rings is 1. The number of carbonyl (C=O) groups excluding carboxylic acids is 3. The minimum absolute atomic E-state index is 0. The van der Waals surface area contributed by atoms with E-state index in [-0.39, 0.29) is 48.2 Å². The first-order valence-corrected chi connectivity index (χ1v) is 9.05. The number of carboxylic acids is 1. The van der Waals surface area contributed by atoms with Crippen LogP contribution >= 0.6 is 0 Å². The van der Waals surface area contributed by atoms with E-state index in [4.69, 9.17) is 11.5 Å². The van der Waals surface area contributed by atoms with Gasteiger partial charge in [-0.05, 0) is 36.1 Å². The van der Waals surface area contributed by atoms with Gasteiger partial charge < -0.3 is 36.7 Å². The largest absolute Gasteiger partial charge is 1.00 e. The Morgan fingerprint density at radius 3 is 2.55 bits per heavy atom. The topological polar surface area (TPSA) is 162 Å². The summed E-state index contributed by atoms with van der Waals surface area (Å²) < 4.78 is 0. The van der Waals surface area contributed by atoms with E-state index in [1.54, 1.807) is 24.3 Å². The number of nitrogens with one attached hydrogen (secondary N) is 1. The van der Waals surface area contributed by atoms with Crippen LogP contribution in [0.1, 0.15) is 38.3 Å². The average molecular weight is 412 g/mol. The van der Waals surface area contributed by atoms with Gasteiger partial charge in [-0.3, -0.25) is 4.79 Å². The van der Waals surface area contributed by atoms with Crippen LogP contribution in [-0.4, -0.2) is 45.6 Å². The number of fused-ring (bicyclic) bond motifs is 1. The molecule has 0 bridgehead atoms. The number of aliphatic hydroxyl groups excluding tert-OH is 1. The number of hydrogen-bond donors (Lipinski definition) is 4. The SMILES string of the molecule is CC.CC(O)C1(N)C(=O)N2C(C(=O)[O-])=C(c3cccc(CNC(N)=O)c3)CC21.[Na+]. The van der Waals surface area contributed by atoms with Crippen LogP contribution < -0.4 is 51.4 Å². The van der Waals surface area contributed by atoms with Gasteiger partial charge in [0.1, 0.15) is 5.54 Å². The second kappa shape index (κ2) is 9.73. The molecule has 1 fully saturated rings. The first-order chi connectivity index (χ1) is 13.2. The van der Waals surface area contributed by atoms with Crippen LogP contribution in [0.4, 0.5) is 4.79 Å². The van der Waals surface area contributed by atoms with Gasteiger partial charge in [0.15, 0.2) is 0 Å². The molecule has 2 heterocycles. The van der Waals surface area contributed by atoms with Crippen molar-refractivity contribution >= 4 is 23.5 Å². The molecule has 29 heavy (non-hydrogen) atoms. The van der Waals surface area contributed by atoms with Crippen LogP contribution in [0, 0.1) is 0 Å². The number of carboxylic acid groups (broad SMARTS) is 1. The van der Waals surface area contributed by atoms with Crippen molar-refractivity contribution in [3.63, 3.8) is 0 Å². The summed E-state index contributed by atoms with van der Waals surface area (Å²) in [4.78, 5) is 36.0. The van der Waals surface area contributed by atoms with E-state index in [0.29, 0.717) is 16.7 Å². The quantitative estimate of drug-likeness (QED) is 0.285. The average Bonchev–Trinajstić information content (AvgIpc) is 3.05. The zero-order chi connectivity index (χ0) is 21.2. The molecule has 1 aromatic rings. The van der Waals surface area contributed by atoms with E-state index in [9.17, 15) is 24.6 Å². The number of carbonyl (C=O) groups is 3. The Balaban J connectivity index is 0.00000136. The van der Waals surface area contributed by atoms with E-state index in [2.05, 4.69) is 5.32 Å². The van der Waals surface area contributed by atoms with Crippen molar-refractivity contribution in [2.24, 2.45) is 11.5 Å². The number of aliphatic hydroxyl groups is 1. The number of urea groups is 1. The van der Waals surface area contributed by atoms with E-state index < -0.39 is 35.6 Å². The molecule has 3 unspecified atom stereocenters. The number of nitrogens with zero attached hydrogens (tertiary/aromatic N) is 1. The molecule has 0 aromatic heterocycles. The van der Waals surface area contributed by atoms with E-state index >= 15 is 0 Å². The Hall–Kier alpha value is -1.91. The fraction of sp³-hybridized carbons (Fsp3) is 0.421. The second-order valence-corrected chi connectivity index (χ2v) is 6.54. The maximum atomic E-state index is 12.4.